The minimum absolute atomic E-state index is 0.181. The average Bonchev–Trinajstić information content (AvgIpc) is 3.17. The van der Waals surface area contributed by atoms with E-state index in [4.69, 9.17) is 0 Å². The maximum atomic E-state index is 12.6. The van der Waals surface area contributed by atoms with Crippen molar-refractivity contribution >= 4 is 11.6 Å². The first kappa shape index (κ1) is 14.8. The molecule has 1 saturated carbocycles. The van der Waals surface area contributed by atoms with Gasteiger partial charge in [0.15, 0.2) is 5.65 Å². The van der Waals surface area contributed by atoms with Crippen LogP contribution >= 0.6 is 0 Å². The number of nitrogens with one attached hydrogen (secondary N) is 1. The van der Waals surface area contributed by atoms with Crippen LogP contribution in [0, 0.1) is 5.92 Å². The molecule has 4 rings (SSSR count). The van der Waals surface area contributed by atoms with Crippen LogP contribution in [0.25, 0.3) is 5.65 Å². The molecule has 0 radical (unpaired) electrons. The third kappa shape index (κ3) is 2.62. The van der Waals surface area contributed by atoms with E-state index in [1.165, 1.54) is 4.52 Å². The van der Waals surface area contributed by atoms with Crippen molar-refractivity contribution < 1.29 is 9.90 Å². The number of fused-ring (bicyclic) bond motifs is 1. The lowest BCUT2D eigenvalue weighted by Gasteiger charge is -2.37. The molecular weight excluding hydrogens is 310 g/mol. The normalized spacial score (nSPS) is 21.4. The number of carbonyl (C=O) groups is 1. The van der Waals surface area contributed by atoms with Crippen LogP contribution in [0.3, 0.4) is 0 Å². The predicted molar refractivity (Wildman–Crippen MR) is 82.9 cm³/mol. The summed E-state index contributed by atoms with van der Waals surface area (Å²) in [5.41, 5.74) is 1.99. The zero-order valence-electron chi connectivity index (χ0n) is 13.1. The van der Waals surface area contributed by atoms with Gasteiger partial charge in [-0.1, -0.05) is 0 Å². The highest BCUT2D eigenvalue weighted by molar-refractivity contribution is 5.94. The van der Waals surface area contributed by atoms with Crippen LogP contribution in [0.4, 0.5) is 0 Å². The summed E-state index contributed by atoms with van der Waals surface area (Å²) < 4.78 is 3.16. The number of pyridine rings is 1. The predicted octanol–water partition coefficient (Wildman–Crippen LogP) is 0.0998. The highest BCUT2D eigenvalue weighted by Gasteiger charge is 2.36. The van der Waals surface area contributed by atoms with Gasteiger partial charge in [0, 0.05) is 25.0 Å². The maximum Gasteiger partial charge on any atom is 0.253 e. The van der Waals surface area contributed by atoms with E-state index in [0.717, 1.165) is 5.56 Å². The van der Waals surface area contributed by atoms with Crippen molar-refractivity contribution in [1.82, 2.24) is 35.1 Å². The average molecular weight is 327 g/mol. The van der Waals surface area contributed by atoms with Crippen LogP contribution in [-0.4, -0.2) is 46.9 Å². The summed E-state index contributed by atoms with van der Waals surface area (Å²) in [6.45, 7) is 0. The number of hydrogen-bond acceptors (Lipinski definition) is 6. The molecule has 2 N–H and O–H groups in total. The number of nitrogens with zero attached hydrogens (tertiary/aromatic N) is 6. The summed E-state index contributed by atoms with van der Waals surface area (Å²) in [5, 5.41) is 28.0. The van der Waals surface area contributed by atoms with Gasteiger partial charge < -0.3 is 10.4 Å². The number of tetrazole rings is 1. The lowest BCUT2D eigenvalue weighted by atomic mass is 9.75. The summed E-state index contributed by atoms with van der Waals surface area (Å²) in [6, 6.07) is 3.21. The molecule has 24 heavy (non-hydrogen) atoms. The summed E-state index contributed by atoms with van der Waals surface area (Å²) in [7, 11) is 1.84. The lowest BCUT2D eigenvalue weighted by Crippen LogP contribution is -2.41. The molecule has 124 valence electrons. The molecule has 3 aromatic rings. The minimum Gasteiger partial charge on any atom is -0.393 e. The van der Waals surface area contributed by atoms with E-state index >= 15 is 0 Å². The van der Waals surface area contributed by atoms with Crippen LogP contribution in [0.15, 0.2) is 30.7 Å². The van der Waals surface area contributed by atoms with Crippen molar-refractivity contribution in [2.24, 2.45) is 13.0 Å². The van der Waals surface area contributed by atoms with Crippen molar-refractivity contribution in [2.75, 3.05) is 0 Å². The van der Waals surface area contributed by atoms with Crippen molar-refractivity contribution in [3.8, 4) is 0 Å². The summed E-state index contributed by atoms with van der Waals surface area (Å²) in [5.74, 6) is -0.00689. The zero-order chi connectivity index (χ0) is 16.7. The fourth-order valence-corrected chi connectivity index (χ4v) is 3.08. The van der Waals surface area contributed by atoms with Gasteiger partial charge in [0.05, 0.1) is 23.9 Å². The maximum absolute atomic E-state index is 12.6. The van der Waals surface area contributed by atoms with Gasteiger partial charge in [-0.05, 0) is 41.3 Å². The Morgan fingerprint density at radius 1 is 1.38 bits per heavy atom. The smallest absolute Gasteiger partial charge is 0.253 e. The number of aryl methyl sites for hydroxylation is 1. The molecule has 9 nitrogen and oxygen atoms in total. The Hall–Kier alpha value is -2.81. The highest BCUT2D eigenvalue weighted by Crippen LogP contribution is 2.38. The van der Waals surface area contributed by atoms with E-state index < -0.39 is 0 Å². The monoisotopic (exact) mass is 327 g/mol. The summed E-state index contributed by atoms with van der Waals surface area (Å²) in [4.78, 5) is 12.6. The third-order valence-electron chi connectivity index (χ3n) is 4.45. The van der Waals surface area contributed by atoms with Crippen LogP contribution < -0.4 is 5.32 Å². The summed E-state index contributed by atoms with van der Waals surface area (Å²) >= 11 is 0. The Balaban J connectivity index is 1.58. The highest BCUT2D eigenvalue weighted by atomic mass is 16.3. The van der Waals surface area contributed by atoms with E-state index in [2.05, 4.69) is 25.9 Å². The molecule has 1 amide bonds. The first-order valence-corrected chi connectivity index (χ1v) is 7.75. The molecule has 0 aromatic carbocycles. The molecule has 1 unspecified atom stereocenters. The standard InChI is InChI=1S/C15H17N7O2/c1-21-7-11(6-16-21)14(10-4-12(23)5-10)17-15(24)9-2-3-13-18-19-20-22(13)8-9/h2-3,6-8,10,12,14,23H,4-5H2,1H3,(H,17,24). The molecule has 0 spiro atoms. The van der Waals surface area contributed by atoms with Gasteiger partial charge in [-0.25, -0.2) is 0 Å². The van der Waals surface area contributed by atoms with Gasteiger partial charge in [-0.3, -0.25) is 9.48 Å². The van der Waals surface area contributed by atoms with E-state index in [1.807, 2.05) is 13.2 Å². The zero-order valence-corrected chi connectivity index (χ0v) is 13.1. The minimum atomic E-state index is -0.288. The summed E-state index contributed by atoms with van der Waals surface area (Å²) in [6.07, 6.45) is 6.29. The molecule has 1 aliphatic rings. The SMILES string of the molecule is Cn1cc(C(NC(=O)c2ccc3nnnn3c2)C2CC(O)C2)cn1. The van der Waals surface area contributed by atoms with Crippen LogP contribution in [0.1, 0.15) is 34.8 Å². The number of aliphatic hydroxyl groups excluding tert-OH is 1. The molecule has 1 aliphatic carbocycles. The second-order valence-corrected chi connectivity index (χ2v) is 6.18. The lowest BCUT2D eigenvalue weighted by molar-refractivity contribution is 0.0235. The Morgan fingerprint density at radius 2 is 2.21 bits per heavy atom. The van der Waals surface area contributed by atoms with Crippen molar-refractivity contribution in [3.63, 3.8) is 0 Å². The number of aromatic nitrogens is 6. The topological polar surface area (TPSA) is 110 Å². The Bertz CT molecular complexity index is 881. The number of hydrogen-bond donors (Lipinski definition) is 2. The molecule has 3 aromatic heterocycles. The first-order valence-electron chi connectivity index (χ1n) is 7.75. The molecule has 9 heteroatoms. The molecule has 0 saturated heterocycles. The van der Waals surface area contributed by atoms with Gasteiger partial charge in [-0.2, -0.15) is 9.61 Å². The number of carbonyl (C=O) groups excluding carboxylic acids is 1. The Kier molecular flexibility index (Phi) is 3.49. The van der Waals surface area contributed by atoms with Gasteiger partial charge >= 0.3 is 0 Å². The molecule has 0 bridgehead atoms. The molecule has 0 aliphatic heterocycles. The van der Waals surface area contributed by atoms with Gasteiger partial charge in [0.1, 0.15) is 0 Å². The number of aliphatic hydroxyl groups is 1. The molecule has 1 atom stereocenters. The third-order valence-corrected chi connectivity index (χ3v) is 4.45. The first-order chi connectivity index (χ1) is 11.6. The van der Waals surface area contributed by atoms with Gasteiger partial charge in [-0.15, -0.1) is 5.10 Å². The van der Waals surface area contributed by atoms with Crippen LogP contribution in [0.5, 0.6) is 0 Å². The van der Waals surface area contributed by atoms with E-state index in [9.17, 15) is 9.90 Å². The van der Waals surface area contributed by atoms with E-state index in [1.54, 1.807) is 29.2 Å². The fourth-order valence-electron chi connectivity index (χ4n) is 3.08. The number of amides is 1. The largest absolute Gasteiger partial charge is 0.393 e. The second kappa shape index (κ2) is 5.68. The molecule has 1 fully saturated rings. The molecule has 3 heterocycles. The van der Waals surface area contributed by atoms with E-state index in [0.29, 0.717) is 24.1 Å². The molecular formula is C15H17N7O2. The fraction of sp³-hybridized carbons (Fsp3) is 0.400. The Labute approximate surface area is 137 Å². The Morgan fingerprint density at radius 3 is 2.92 bits per heavy atom. The van der Waals surface area contributed by atoms with Gasteiger partial charge in [0.2, 0.25) is 0 Å². The van der Waals surface area contributed by atoms with Gasteiger partial charge in [0.25, 0.3) is 5.91 Å². The quantitative estimate of drug-likeness (QED) is 0.703. The van der Waals surface area contributed by atoms with Crippen LogP contribution in [0.2, 0.25) is 0 Å². The van der Waals surface area contributed by atoms with E-state index in [-0.39, 0.29) is 24.0 Å². The van der Waals surface area contributed by atoms with Crippen molar-refractivity contribution in [1.29, 1.82) is 0 Å². The number of rotatable bonds is 4. The second-order valence-electron chi connectivity index (χ2n) is 6.18. The van der Waals surface area contributed by atoms with Crippen molar-refractivity contribution in [3.05, 3.63) is 41.9 Å². The van der Waals surface area contributed by atoms with Crippen LogP contribution in [-0.2, 0) is 7.05 Å². The van der Waals surface area contributed by atoms with Crippen molar-refractivity contribution in [2.45, 2.75) is 25.0 Å².